The second kappa shape index (κ2) is 11.1. The van der Waals surface area contributed by atoms with E-state index in [0.717, 1.165) is 5.39 Å². The van der Waals surface area contributed by atoms with E-state index < -0.39 is 11.7 Å². The number of ether oxygens (including phenoxy) is 1. The van der Waals surface area contributed by atoms with E-state index in [-0.39, 0.29) is 18.0 Å². The zero-order valence-electron chi connectivity index (χ0n) is 21.3. The fourth-order valence-electron chi connectivity index (χ4n) is 4.24. The summed E-state index contributed by atoms with van der Waals surface area (Å²) in [6.45, 7) is -0.286. The number of fused-ring (bicyclic) bond motifs is 2. The Morgan fingerprint density at radius 1 is 1.02 bits per heavy atom. The molecule has 2 heterocycles. The highest BCUT2D eigenvalue weighted by Crippen LogP contribution is 2.29. The number of para-hydroxylation sites is 1. The van der Waals surface area contributed by atoms with E-state index in [4.69, 9.17) is 20.8 Å². The number of furan rings is 1. The second-order valence-corrected chi connectivity index (χ2v) is 9.46. The monoisotopic (exact) mass is 566 g/mol. The van der Waals surface area contributed by atoms with Crippen LogP contribution in [0.25, 0.3) is 33.5 Å². The van der Waals surface area contributed by atoms with Crippen LogP contribution in [0.3, 0.4) is 0 Å². The molecule has 1 amide bonds. The van der Waals surface area contributed by atoms with E-state index in [1.165, 1.54) is 29.1 Å². The number of carbonyl (C=O) groups excluding carboxylic acids is 1. The van der Waals surface area contributed by atoms with Gasteiger partial charge in [-0.15, -0.1) is 0 Å². The van der Waals surface area contributed by atoms with Crippen LogP contribution >= 0.6 is 11.6 Å². The number of anilines is 1. The zero-order valence-corrected chi connectivity index (χ0v) is 22.0. The highest BCUT2D eigenvalue weighted by atomic mass is 35.5. The third-order valence-electron chi connectivity index (χ3n) is 6.11. The summed E-state index contributed by atoms with van der Waals surface area (Å²) >= 11 is 6.14. The molecule has 6 aromatic rings. The first-order valence-electron chi connectivity index (χ1n) is 12.5. The molecule has 41 heavy (non-hydrogen) atoms. The average molecular weight is 567 g/mol. The van der Waals surface area contributed by atoms with Crippen LogP contribution in [0.15, 0.2) is 111 Å². The second-order valence-electron chi connectivity index (χ2n) is 9.03. The van der Waals surface area contributed by atoms with Crippen molar-refractivity contribution in [3.63, 3.8) is 0 Å². The molecule has 0 atom stereocenters. The van der Waals surface area contributed by atoms with Crippen molar-refractivity contribution < 1.29 is 18.3 Å². The molecule has 8 nitrogen and oxygen atoms in total. The fourth-order valence-corrected chi connectivity index (χ4v) is 4.42. The minimum Gasteiger partial charge on any atom is -0.484 e. The topological polar surface area (TPSA) is 98.7 Å². The van der Waals surface area contributed by atoms with Crippen molar-refractivity contribution in [1.82, 2.24) is 9.66 Å². The number of amides is 1. The van der Waals surface area contributed by atoms with Crippen molar-refractivity contribution in [1.29, 1.82) is 0 Å². The maximum atomic E-state index is 13.5. The number of nitrogens with one attached hydrogen (secondary N) is 1. The van der Waals surface area contributed by atoms with Gasteiger partial charge in [-0.1, -0.05) is 41.9 Å². The number of hydrogen-bond donors (Lipinski definition) is 1. The minimum absolute atomic E-state index is 0.221. The molecule has 0 fully saturated rings. The lowest BCUT2D eigenvalue weighted by atomic mass is 10.2. The van der Waals surface area contributed by atoms with Gasteiger partial charge in [-0.2, -0.15) is 9.78 Å². The standard InChI is InChI=1S/C31H20ClFN4O4/c32-21-11-12-27-20(14-21)15-28(41-27)30-36-26-10-2-1-9-25(26)31(39)37(30)34-17-19-5-3-8-24(13-19)40-18-29(38)35-23-7-4-6-22(33)16-23/h1-17H,18H2,(H,35,38). The van der Waals surface area contributed by atoms with Gasteiger partial charge in [-0.25, -0.2) is 9.37 Å². The Morgan fingerprint density at radius 2 is 1.88 bits per heavy atom. The summed E-state index contributed by atoms with van der Waals surface area (Å²) in [6, 6.07) is 26.4. The molecular formula is C31H20ClFN4O4. The summed E-state index contributed by atoms with van der Waals surface area (Å²) < 4.78 is 26.1. The number of carbonyl (C=O) groups is 1. The number of rotatable bonds is 7. The van der Waals surface area contributed by atoms with Crippen molar-refractivity contribution in [3.05, 3.63) is 124 Å². The van der Waals surface area contributed by atoms with Crippen molar-refractivity contribution >= 4 is 51.3 Å². The highest BCUT2D eigenvalue weighted by Gasteiger charge is 2.16. The molecule has 1 N–H and O–H groups in total. The number of benzene rings is 4. The average Bonchev–Trinajstić information content (AvgIpc) is 3.39. The molecule has 0 unspecified atom stereocenters. The van der Waals surface area contributed by atoms with Crippen molar-refractivity contribution in [2.75, 3.05) is 11.9 Å². The Bertz CT molecular complexity index is 2020. The van der Waals surface area contributed by atoms with Gasteiger partial charge in [-0.05, 0) is 72.3 Å². The molecule has 0 spiro atoms. The molecule has 0 radical (unpaired) electrons. The largest absolute Gasteiger partial charge is 0.484 e. The minimum atomic E-state index is -0.454. The lowest BCUT2D eigenvalue weighted by molar-refractivity contribution is -0.118. The Kier molecular flexibility index (Phi) is 7.01. The van der Waals surface area contributed by atoms with Crippen LogP contribution in [0.5, 0.6) is 5.75 Å². The lowest BCUT2D eigenvalue weighted by Crippen LogP contribution is -2.20. The maximum Gasteiger partial charge on any atom is 0.282 e. The number of nitrogens with zero attached hydrogens (tertiary/aromatic N) is 3. The summed E-state index contributed by atoms with van der Waals surface area (Å²) in [7, 11) is 0. The van der Waals surface area contributed by atoms with Crippen LogP contribution in [0, 0.1) is 5.82 Å². The number of aromatic nitrogens is 2. The molecule has 0 saturated carbocycles. The van der Waals surface area contributed by atoms with Gasteiger partial charge in [0.25, 0.3) is 11.5 Å². The predicted molar refractivity (Wildman–Crippen MR) is 156 cm³/mol. The summed E-state index contributed by atoms with van der Waals surface area (Å²) in [4.78, 5) is 30.4. The molecule has 2 aromatic heterocycles. The van der Waals surface area contributed by atoms with E-state index in [2.05, 4.69) is 15.4 Å². The quantitative estimate of drug-likeness (QED) is 0.222. The molecular weight excluding hydrogens is 547 g/mol. The Morgan fingerprint density at radius 3 is 2.76 bits per heavy atom. The molecule has 0 aliphatic rings. The van der Waals surface area contributed by atoms with Crippen LogP contribution < -0.4 is 15.6 Å². The van der Waals surface area contributed by atoms with E-state index in [1.54, 1.807) is 78.9 Å². The van der Waals surface area contributed by atoms with Crippen molar-refractivity contribution in [2.45, 2.75) is 0 Å². The summed E-state index contributed by atoms with van der Waals surface area (Å²) in [6.07, 6.45) is 1.49. The van der Waals surface area contributed by atoms with E-state index >= 15 is 0 Å². The molecule has 0 bridgehead atoms. The molecule has 0 saturated heterocycles. The Balaban J connectivity index is 1.28. The fraction of sp³-hybridized carbons (Fsp3) is 0.0323. The van der Waals surface area contributed by atoms with Crippen LogP contribution in [0.1, 0.15) is 5.56 Å². The van der Waals surface area contributed by atoms with Gasteiger partial charge in [0.05, 0.1) is 17.1 Å². The van der Waals surface area contributed by atoms with Crippen LogP contribution in [0.4, 0.5) is 10.1 Å². The van der Waals surface area contributed by atoms with Gasteiger partial charge in [0.1, 0.15) is 17.1 Å². The zero-order chi connectivity index (χ0) is 28.3. The van der Waals surface area contributed by atoms with Gasteiger partial charge < -0.3 is 14.5 Å². The molecule has 202 valence electrons. The van der Waals surface area contributed by atoms with Gasteiger partial charge in [-0.3, -0.25) is 9.59 Å². The van der Waals surface area contributed by atoms with E-state index in [0.29, 0.717) is 44.3 Å². The first-order valence-corrected chi connectivity index (χ1v) is 12.8. The maximum absolute atomic E-state index is 13.5. The third kappa shape index (κ3) is 5.70. The number of halogens is 2. The van der Waals surface area contributed by atoms with Crippen LogP contribution in [-0.2, 0) is 4.79 Å². The number of hydrogen-bond acceptors (Lipinski definition) is 6. The van der Waals surface area contributed by atoms with Gasteiger partial charge in [0, 0.05) is 16.1 Å². The van der Waals surface area contributed by atoms with Gasteiger partial charge in [0.2, 0.25) is 5.82 Å². The SMILES string of the molecule is O=C(COc1cccc(C=Nn2c(-c3cc4cc(Cl)ccc4o3)nc3ccccc3c2=O)c1)Nc1cccc(F)c1. The predicted octanol–water partition coefficient (Wildman–Crippen LogP) is 6.50. The van der Waals surface area contributed by atoms with E-state index in [9.17, 15) is 14.0 Å². The van der Waals surface area contributed by atoms with E-state index in [1.807, 2.05) is 0 Å². The van der Waals surface area contributed by atoms with Gasteiger partial charge in [0.15, 0.2) is 12.4 Å². The first-order chi connectivity index (χ1) is 19.9. The third-order valence-corrected chi connectivity index (χ3v) is 6.35. The van der Waals surface area contributed by atoms with Gasteiger partial charge >= 0.3 is 0 Å². The molecule has 0 aliphatic carbocycles. The molecule has 4 aromatic carbocycles. The van der Waals surface area contributed by atoms with Crippen molar-refractivity contribution in [2.24, 2.45) is 5.10 Å². The van der Waals surface area contributed by atoms with Crippen LogP contribution in [-0.4, -0.2) is 28.4 Å². The summed E-state index contributed by atoms with van der Waals surface area (Å²) in [5.41, 5.74) is 1.66. The first kappa shape index (κ1) is 26.0. The summed E-state index contributed by atoms with van der Waals surface area (Å²) in [5, 5.41) is 8.74. The van der Waals surface area contributed by atoms with Crippen molar-refractivity contribution in [3.8, 4) is 17.3 Å². The van der Waals surface area contributed by atoms with Crippen LogP contribution in [0.2, 0.25) is 5.02 Å². The molecule has 0 aliphatic heterocycles. The lowest BCUT2D eigenvalue weighted by Gasteiger charge is -2.09. The normalized spacial score (nSPS) is 11.4. The molecule has 6 rings (SSSR count). The molecule has 10 heteroatoms. The smallest absolute Gasteiger partial charge is 0.282 e. The summed E-state index contributed by atoms with van der Waals surface area (Å²) in [5.74, 6) is 0.0774. The Hall–Kier alpha value is -5.28. The Labute approximate surface area is 237 Å². The highest BCUT2D eigenvalue weighted by molar-refractivity contribution is 6.31.